The average molecular weight is 393 g/mol. The monoisotopic (exact) mass is 393 g/mol. The normalized spacial score (nSPS) is 17.1. The Morgan fingerprint density at radius 3 is 2.26 bits per heavy atom. The molecule has 0 radical (unpaired) electrons. The van der Waals surface area contributed by atoms with Crippen LogP contribution in [0.2, 0.25) is 0 Å². The molecule has 1 heterocycles. The van der Waals surface area contributed by atoms with Crippen LogP contribution >= 0.6 is 0 Å². The highest BCUT2D eigenvalue weighted by Crippen LogP contribution is 2.38. The van der Waals surface area contributed by atoms with Crippen molar-refractivity contribution in [2.75, 3.05) is 13.2 Å². The number of halogens is 1. The van der Waals surface area contributed by atoms with E-state index in [1.54, 1.807) is 29.7 Å². The number of hydroxylamine groups is 1. The van der Waals surface area contributed by atoms with Crippen LogP contribution in [-0.2, 0) is 20.7 Å². The molecule has 1 amide bonds. The summed E-state index contributed by atoms with van der Waals surface area (Å²) in [4.78, 5) is 12.3. The van der Waals surface area contributed by atoms with E-state index in [4.69, 9.17) is 14.7 Å². The van der Waals surface area contributed by atoms with E-state index in [1.165, 1.54) is 24.3 Å². The van der Waals surface area contributed by atoms with Gasteiger partial charge in [-0.25, -0.2) is 9.87 Å². The maximum Gasteiger partial charge on any atom is 0.248 e. The quantitative estimate of drug-likeness (QED) is 0.447. The second-order valence-corrected chi connectivity index (χ2v) is 8.18. The number of amides is 1. The third-order valence-electron chi connectivity index (χ3n) is 4.49. The van der Waals surface area contributed by atoms with Crippen LogP contribution in [0.5, 0.6) is 11.5 Å². The molecule has 2 N–H and O–H groups in total. The highest BCUT2D eigenvalue weighted by Gasteiger charge is 2.46. The predicted molar refractivity (Wildman–Crippen MR) is 96.7 cm³/mol. The number of nitrogens with one attached hydrogen (secondary N) is 1. The Hall–Kier alpha value is -2.13. The van der Waals surface area contributed by atoms with Gasteiger partial charge in [0.05, 0.1) is 19.6 Å². The van der Waals surface area contributed by atoms with Gasteiger partial charge in [-0.3, -0.25) is 10.0 Å². The van der Waals surface area contributed by atoms with Crippen LogP contribution in [0.25, 0.3) is 0 Å². The van der Waals surface area contributed by atoms with Crippen molar-refractivity contribution in [3.05, 3.63) is 54.3 Å². The largest absolute Gasteiger partial charge is 0.611 e. The molecule has 1 aliphatic heterocycles. The number of ether oxygens (including phenoxy) is 2. The molecule has 144 valence electrons. The Morgan fingerprint density at radius 2 is 1.70 bits per heavy atom. The van der Waals surface area contributed by atoms with Crippen LogP contribution in [-0.4, -0.2) is 33.6 Å². The lowest BCUT2D eigenvalue weighted by Gasteiger charge is -2.37. The maximum atomic E-state index is 13.2. The fourth-order valence-corrected chi connectivity index (χ4v) is 4.71. The zero-order valence-electron chi connectivity index (χ0n) is 14.5. The van der Waals surface area contributed by atoms with Gasteiger partial charge in [-0.2, -0.15) is 0 Å². The maximum absolute atomic E-state index is 13.2. The Morgan fingerprint density at radius 1 is 1.15 bits per heavy atom. The van der Waals surface area contributed by atoms with E-state index in [-0.39, 0.29) is 12.2 Å². The zero-order chi connectivity index (χ0) is 19.3. The summed E-state index contributed by atoms with van der Waals surface area (Å²) in [7, 11) is 0. The van der Waals surface area contributed by atoms with Gasteiger partial charge < -0.3 is 14.0 Å². The Labute approximate surface area is 159 Å². The highest BCUT2D eigenvalue weighted by atomic mass is 32.2. The van der Waals surface area contributed by atoms with Gasteiger partial charge in [0, 0.05) is 12.8 Å². The van der Waals surface area contributed by atoms with Gasteiger partial charge in [-0.15, -0.1) is 0 Å². The van der Waals surface area contributed by atoms with Gasteiger partial charge >= 0.3 is 0 Å². The lowest BCUT2D eigenvalue weighted by molar-refractivity contribution is -0.130. The molecule has 1 aliphatic rings. The van der Waals surface area contributed by atoms with Gasteiger partial charge in [0.1, 0.15) is 22.1 Å². The average Bonchev–Trinajstić information content (AvgIpc) is 2.70. The molecule has 2 aromatic carbocycles. The van der Waals surface area contributed by atoms with Crippen LogP contribution in [0, 0.1) is 5.82 Å². The van der Waals surface area contributed by atoms with Gasteiger partial charge in [0.15, 0.2) is 4.90 Å². The Bertz CT molecular complexity index is 763. The van der Waals surface area contributed by atoms with Crippen LogP contribution < -0.4 is 10.2 Å². The molecule has 0 saturated carbocycles. The second kappa shape index (κ2) is 8.71. The molecule has 3 rings (SSSR count). The molecular formula is C19H20FNO5S. The lowest BCUT2D eigenvalue weighted by Crippen LogP contribution is -2.47. The molecule has 0 spiro atoms. The SMILES string of the molecule is O=C(CC1([S+]([O-])c2ccc(Oc3ccc(F)cc3)cc2)CCOCC1)NO. The number of rotatable bonds is 6. The Balaban J connectivity index is 1.75. The highest BCUT2D eigenvalue weighted by molar-refractivity contribution is 7.92. The first-order valence-corrected chi connectivity index (χ1v) is 9.63. The van der Waals surface area contributed by atoms with Crippen molar-refractivity contribution in [3.8, 4) is 11.5 Å². The first-order chi connectivity index (χ1) is 13.0. The second-order valence-electron chi connectivity index (χ2n) is 6.30. The number of carbonyl (C=O) groups is 1. The van der Waals surface area contributed by atoms with Crippen molar-refractivity contribution in [2.24, 2.45) is 0 Å². The molecule has 6 nitrogen and oxygen atoms in total. The third kappa shape index (κ3) is 4.78. The molecule has 0 bridgehead atoms. The fraction of sp³-hybridized carbons (Fsp3) is 0.316. The standard InChI is InChI=1S/C19H20FNO5S/c20-14-1-3-15(4-2-14)26-16-5-7-17(8-6-16)27(24)19(13-18(22)21-23)9-11-25-12-10-19/h1-8,23H,9-13H2,(H,21,22). The minimum absolute atomic E-state index is 0.0483. The third-order valence-corrected chi connectivity index (χ3v) is 6.53. The van der Waals surface area contributed by atoms with E-state index in [1.807, 2.05) is 0 Å². The topological polar surface area (TPSA) is 90.9 Å². The summed E-state index contributed by atoms with van der Waals surface area (Å²) in [5.74, 6) is 0.102. The van der Waals surface area contributed by atoms with Crippen LogP contribution in [0.1, 0.15) is 19.3 Å². The Kier molecular flexibility index (Phi) is 6.33. The van der Waals surface area contributed by atoms with E-state index in [9.17, 15) is 13.7 Å². The summed E-state index contributed by atoms with van der Waals surface area (Å²) < 4.78 is 36.3. The van der Waals surface area contributed by atoms with Gasteiger partial charge in [0.2, 0.25) is 5.91 Å². The first kappa shape index (κ1) is 19.6. The molecule has 27 heavy (non-hydrogen) atoms. The summed E-state index contributed by atoms with van der Waals surface area (Å²) in [6.07, 6.45) is 0.870. The van der Waals surface area contributed by atoms with Crippen LogP contribution in [0.4, 0.5) is 4.39 Å². The van der Waals surface area contributed by atoms with Crippen LogP contribution in [0.3, 0.4) is 0 Å². The van der Waals surface area contributed by atoms with E-state index < -0.39 is 21.8 Å². The first-order valence-electron chi connectivity index (χ1n) is 8.48. The zero-order valence-corrected chi connectivity index (χ0v) is 15.3. The van der Waals surface area contributed by atoms with E-state index in [0.717, 1.165) is 0 Å². The minimum atomic E-state index is -1.47. The van der Waals surface area contributed by atoms with Crippen LogP contribution in [0.15, 0.2) is 53.4 Å². The fourth-order valence-electron chi connectivity index (χ4n) is 3.02. The summed E-state index contributed by atoms with van der Waals surface area (Å²) in [6.45, 7) is 0.826. The van der Waals surface area contributed by atoms with Gasteiger partial charge in [0.25, 0.3) is 0 Å². The molecular weight excluding hydrogens is 373 g/mol. The van der Waals surface area contributed by atoms with E-state index >= 15 is 0 Å². The van der Waals surface area contributed by atoms with E-state index in [0.29, 0.717) is 42.4 Å². The molecule has 0 aliphatic carbocycles. The molecule has 2 aromatic rings. The number of hydrogen-bond acceptors (Lipinski definition) is 5. The number of hydrogen-bond donors (Lipinski definition) is 2. The summed E-state index contributed by atoms with van der Waals surface area (Å²) in [6, 6.07) is 12.4. The molecule has 1 atom stereocenters. The molecule has 1 fully saturated rings. The van der Waals surface area contributed by atoms with E-state index in [2.05, 4.69) is 0 Å². The smallest absolute Gasteiger partial charge is 0.248 e. The minimum Gasteiger partial charge on any atom is -0.611 e. The van der Waals surface area contributed by atoms with Crippen molar-refractivity contribution in [1.82, 2.24) is 5.48 Å². The number of benzene rings is 2. The van der Waals surface area contributed by atoms with Gasteiger partial charge in [-0.05, 0) is 59.7 Å². The van der Waals surface area contributed by atoms with Gasteiger partial charge in [-0.1, -0.05) is 0 Å². The van der Waals surface area contributed by atoms with Crippen molar-refractivity contribution >= 4 is 17.1 Å². The van der Waals surface area contributed by atoms with Crippen molar-refractivity contribution in [3.63, 3.8) is 0 Å². The molecule has 1 saturated heterocycles. The van der Waals surface area contributed by atoms with Crippen molar-refractivity contribution in [2.45, 2.75) is 28.9 Å². The molecule has 1 unspecified atom stereocenters. The molecule has 8 heteroatoms. The van der Waals surface area contributed by atoms with Crippen molar-refractivity contribution < 1.29 is 28.4 Å². The van der Waals surface area contributed by atoms with Crippen molar-refractivity contribution in [1.29, 1.82) is 0 Å². The number of carbonyl (C=O) groups excluding carboxylic acids is 1. The summed E-state index contributed by atoms with van der Waals surface area (Å²) in [5.41, 5.74) is 1.62. The lowest BCUT2D eigenvalue weighted by atomic mass is 9.95. The molecule has 0 aromatic heterocycles. The predicted octanol–water partition coefficient (Wildman–Crippen LogP) is 3.17. The summed E-state index contributed by atoms with van der Waals surface area (Å²) in [5, 5.41) is 8.86. The summed E-state index contributed by atoms with van der Waals surface area (Å²) >= 11 is -1.47.